The fourth-order valence-corrected chi connectivity index (χ4v) is 4.50. The van der Waals surface area contributed by atoms with Crippen LogP contribution in [0, 0.1) is 6.92 Å². The van der Waals surface area contributed by atoms with Crippen molar-refractivity contribution in [2.24, 2.45) is 0 Å². The number of furan rings is 1. The predicted octanol–water partition coefficient (Wildman–Crippen LogP) is 6.72. The van der Waals surface area contributed by atoms with Gasteiger partial charge in [0.25, 0.3) is 5.89 Å². The maximum atomic E-state index is 9.89. The summed E-state index contributed by atoms with van der Waals surface area (Å²) in [4.78, 5) is 4.54. The minimum atomic E-state index is -0.175. The summed E-state index contributed by atoms with van der Waals surface area (Å²) in [7, 11) is 0. The molecule has 0 saturated carbocycles. The summed E-state index contributed by atoms with van der Waals surface area (Å²) < 4.78 is 31.4. The average molecular weight is 578 g/mol. The highest BCUT2D eigenvalue weighted by molar-refractivity contribution is 5.45. The van der Waals surface area contributed by atoms with Crippen LogP contribution in [0.1, 0.15) is 33.7 Å². The van der Waals surface area contributed by atoms with Gasteiger partial charge >= 0.3 is 0 Å². The Morgan fingerprint density at radius 2 is 1.51 bits per heavy atom. The van der Waals surface area contributed by atoms with Gasteiger partial charge in [0.05, 0.1) is 25.0 Å². The summed E-state index contributed by atoms with van der Waals surface area (Å²) >= 11 is 0. The monoisotopic (exact) mass is 577 g/mol. The Morgan fingerprint density at radius 1 is 0.767 bits per heavy atom. The average Bonchev–Trinajstić information content (AvgIpc) is 3.80. The van der Waals surface area contributed by atoms with E-state index in [9.17, 15) is 5.11 Å². The third-order valence-corrected chi connectivity index (χ3v) is 6.77. The van der Waals surface area contributed by atoms with Crippen molar-refractivity contribution in [3.8, 4) is 29.0 Å². The number of rotatable bonds is 13. The molecule has 0 atom stereocenters. The van der Waals surface area contributed by atoms with Gasteiger partial charge < -0.3 is 28.2 Å². The van der Waals surface area contributed by atoms with Crippen molar-refractivity contribution in [1.82, 2.24) is 14.8 Å². The number of nitrogens with zero attached hydrogens (tertiary/aromatic N) is 3. The third kappa shape index (κ3) is 6.97. The number of hydrogen-bond donors (Lipinski definition) is 1. The van der Waals surface area contributed by atoms with Crippen LogP contribution >= 0.6 is 0 Å². The van der Waals surface area contributed by atoms with Gasteiger partial charge in [0.15, 0.2) is 17.3 Å². The zero-order valence-corrected chi connectivity index (χ0v) is 23.7. The number of oxazole rings is 1. The van der Waals surface area contributed by atoms with Gasteiger partial charge in [0.2, 0.25) is 5.88 Å². The first kappa shape index (κ1) is 27.9. The molecule has 0 bridgehead atoms. The zero-order chi connectivity index (χ0) is 29.4. The van der Waals surface area contributed by atoms with E-state index in [0.717, 1.165) is 16.7 Å². The summed E-state index contributed by atoms with van der Waals surface area (Å²) in [5, 5.41) is 14.4. The quantitative estimate of drug-likeness (QED) is 0.161. The summed E-state index contributed by atoms with van der Waals surface area (Å²) in [6.45, 7) is 3.03. The van der Waals surface area contributed by atoms with E-state index in [-0.39, 0.29) is 19.8 Å². The van der Waals surface area contributed by atoms with E-state index in [2.05, 4.69) is 10.1 Å². The molecule has 0 spiro atoms. The first-order valence-electron chi connectivity index (χ1n) is 13.9. The Labute approximate surface area is 248 Å². The first-order chi connectivity index (χ1) is 21.1. The molecule has 0 aliphatic carbocycles. The maximum Gasteiger partial charge on any atom is 0.263 e. The summed E-state index contributed by atoms with van der Waals surface area (Å²) in [6.07, 6.45) is 3.38. The van der Waals surface area contributed by atoms with Gasteiger partial charge in [-0.05, 0) is 47.9 Å². The number of aryl methyl sites for hydroxylation is 1. The molecule has 0 aliphatic rings. The number of aliphatic hydroxyl groups is 1. The normalized spacial score (nSPS) is 11.0. The lowest BCUT2D eigenvalue weighted by molar-refractivity contribution is 0.247. The van der Waals surface area contributed by atoms with Crippen LogP contribution in [-0.4, -0.2) is 19.9 Å². The van der Waals surface area contributed by atoms with Crippen LogP contribution in [0.25, 0.3) is 11.7 Å². The molecule has 6 aromatic rings. The SMILES string of the molecule is Cc1oc(-c2ccco2)nc1COc1ccc(COc2nn(Cc3ccccc3)cc2CO)cc1OCc1ccccc1. The molecule has 0 fully saturated rings. The number of aliphatic hydroxyl groups excluding tert-OH is 1. The van der Waals surface area contributed by atoms with E-state index in [1.807, 2.05) is 85.8 Å². The Balaban J connectivity index is 1.17. The van der Waals surface area contributed by atoms with Crippen molar-refractivity contribution in [2.75, 3.05) is 0 Å². The van der Waals surface area contributed by atoms with Gasteiger partial charge in [-0.1, -0.05) is 66.7 Å². The standard InChI is InChI=1S/C34H31N3O6/c1-24-29(35-34(43-24)31-13-8-16-39-31)23-41-30-15-14-27(17-32(30)40-21-26-11-6-3-7-12-26)22-42-33-28(20-38)19-37(36-33)18-25-9-4-2-5-10-25/h2-17,19,38H,18,20-23H2,1H3. The van der Waals surface area contributed by atoms with E-state index >= 15 is 0 Å². The van der Waals surface area contributed by atoms with Gasteiger partial charge in [0, 0.05) is 6.20 Å². The molecule has 9 heteroatoms. The second-order valence-electron chi connectivity index (χ2n) is 9.93. The van der Waals surface area contributed by atoms with Crippen molar-refractivity contribution >= 4 is 0 Å². The lowest BCUT2D eigenvalue weighted by atomic mass is 10.2. The Kier molecular flexibility index (Phi) is 8.51. The Bertz CT molecular complexity index is 1740. The first-order valence-corrected chi connectivity index (χ1v) is 13.9. The van der Waals surface area contributed by atoms with Crippen LogP contribution in [0.3, 0.4) is 0 Å². The Morgan fingerprint density at radius 3 is 2.26 bits per heavy atom. The number of benzene rings is 3. The topological polar surface area (TPSA) is 105 Å². The molecule has 1 N–H and O–H groups in total. The molecular weight excluding hydrogens is 546 g/mol. The van der Waals surface area contributed by atoms with E-state index in [0.29, 0.717) is 59.2 Å². The predicted molar refractivity (Wildman–Crippen MR) is 159 cm³/mol. The molecule has 0 aliphatic heterocycles. The molecular formula is C34H31N3O6. The van der Waals surface area contributed by atoms with Crippen molar-refractivity contribution < 1.29 is 28.2 Å². The minimum absolute atomic E-state index is 0.175. The van der Waals surface area contributed by atoms with Crippen LogP contribution in [-0.2, 0) is 33.0 Å². The van der Waals surface area contributed by atoms with Crippen LogP contribution in [0.5, 0.6) is 17.4 Å². The fourth-order valence-electron chi connectivity index (χ4n) is 4.50. The fraction of sp³-hybridized carbons (Fsp3) is 0.176. The highest BCUT2D eigenvalue weighted by Crippen LogP contribution is 2.32. The van der Waals surface area contributed by atoms with E-state index in [1.54, 1.807) is 29.3 Å². The molecule has 0 amide bonds. The van der Waals surface area contributed by atoms with Crippen molar-refractivity contribution in [2.45, 2.75) is 39.9 Å². The highest BCUT2D eigenvalue weighted by atomic mass is 16.5. The molecule has 43 heavy (non-hydrogen) atoms. The van der Waals surface area contributed by atoms with Crippen molar-refractivity contribution in [3.05, 3.63) is 137 Å². The lowest BCUT2D eigenvalue weighted by Crippen LogP contribution is -2.04. The smallest absolute Gasteiger partial charge is 0.263 e. The molecule has 9 nitrogen and oxygen atoms in total. The van der Waals surface area contributed by atoms with Crippen molar-refractivity contribution in [1.29, 1.82) is 0 Å². The van der Waals surface area contributed by atoms with Gasteiger partial charge in [-0.25, -0.2) is 4.98 Å². The number of hydrogen-bond acceptors (Lipinski definition) is 8. The number of aromatic nitrogens is 3. The molecule has 0 unspecified atom stereocenters. The van der Waals surface area contributed by atoms with Crippen LogP contribution in [0.4, 0.5) is 0 Å². The van der Waals surface area contributed by atoms with E-state index in [1.165, 1.54) is 0 Å². The van der Waals surface area contributed by atoms with E-state index < -0.39 is 0 Å². The summed E-state index contributed by atoms with van der Waals surface area (Å²) in [5.41, 5.74) is 4.27. The second-order valence-corrected chi connectivity index (χ2v) is 9.93. The molecule has 3 heterocycles. The van der Waals surface area contributed by atoms with Gasteiger partial charge in [0.1, 0.15) is 31.3 Å². The van der Waals surface area contributed by atoms with Crippen molar-refractivity contribution in [3.63, 3.8) is 0 Å². The molecule has 218 valence electrons. The van der Waals surface area contributed by atoms with Crippen LogP contribution in [0.15, 0.2) is 112 Å². The number of ether oxygens (including phenoxy) is 3. The molecule has 3 aromatic heterocycles. The van der Waals surface area contributed by atoms with Gasteiger partial charge in [-0.3, -0.25) is 4.68 Å². The molecule has 3 aromatic carbocycles. The summed E-state index contributed by atoms with van der Waals surface area (Å²) in [5.74, 6) is 3.12. The molecule has 0 radical (unpaired) electrons. The van der Waals surface area contributed by atoms with Crippen LogP contribution < -0.4 is 14.2 Å². The third-order valence-electron chi connectivity index (χ3n) is 6.77. The molecule has 6 rings (SSSR count). The summed E-state index contributed by atoms with van der Waals surface area (Å²) in [6, 6.07) is 29.2. The lowest BCUT2D eigenvalue weighted by Gasteiger charge is -2.14. The Hall–Kier alpha value is -5.28. The highest BCUT2D eigenvalue weighted by Gasteiger charge is 2.16. The van der Waals surface area contributed by atoms with Gasteiger partial charge in [-0.15, -0.1) is 5.10 Å². The zero-order valence-electron chi connectivity index (χ0n) is 23.7. The second kappa shape index (κ2) is 13.1. The maximum absolute atomic E-state index is 9.89. The molecule has 0 saturated heterocycles. The minimum Gasteiger partial charge on any atom is -0.485 e. The van der Waals surface area contributed by atoms with Gasteiger partial charge in [-0.2, -0.15) is 0 Å². The van der Waals surface area contributed by atoms with E-state index in [4.69, 9.17) is 23.0 Å². The largest absolute Gasteiger partial charge is 0.485 e. The van der Waals surface area contributed by atoms with Crippen LogP contribution in [0.2, 0.25) is 0 Å².